The van der Waals surface area contributed by atoms with Gasteiger partial charge in [0, 0.05) is 4.88 Å². The third-order valence-electron chi connectivity index (χ3n) is 4.45. The molecule has 0 bridgehead atoms. The fraction of sp³-hybridized carbons (Fsp3) is 0.300. The molecule has 1 N–H and O–H groups in total. The number of fused-ring (bicyclic) bond motifs is 1. The van der Waals surface area contributed by atoms with Crippen LogP contribution in [0.25, 0.3) is 0 Å². The van der Waals surface area contributed by atoms with Crippen LogP contribution >= 0.6 is 11.3 Å². The van der Waals surface area contributed by atoms with Crippen molar-refractivity contribution in [3.63, 3.8) is 0 Å². The lowest BCUT2D eigenvalue weighted by atomic mass is 9.95. The fourth-order valence-electron chi connectivity index (χ4n) is 3.19. The highest BCUT2D eigenvalue weighted by atomic mass is 32.1. The van der Waals surface area contributed by atoms with E-state index < -0.39 is 0 Å². The molecule has 134 valence electrons. The Kier molecular flexibility index (Phi) is 4.75. The monoisotopic (exact) mass is 368 g/mol. The van der Waals surface area contributed by atoms with E-state index >= 15 is 0 Å². The second-order valence-electron chi connectivity index (χ2n) is 6.36. The summed E-state index contributed by atoms with van der Waals surface area (Å²) >= 11 is 1.62. The SMILES string of the molecule is Cc1ccc(/C=N\c2sc3c(c2C(=O)NCc2ccco2)CCCC3)o1. The summed E-state index contributed by atoms with van der Waals surface area (Å²) in [5, 5.41) is 3.71. The van der Waals surface area contributed by atoms with Crippen molar-refractivity contribution in [1.82, 2.24) is 5.32 Å². The summed E-state index contributed by atoms with van der Waals surface area (Å²) in [6, 6.07) is 7.44. The molecular weight excluding hydrogens is 348 g/mol. The van der Waals surface area contributed by atoms with Crippen LogP contribution in [-0.2, 0) is 19.4 Å². The first-order valence-electron chi connectivity index (χ1n) is 8.76. The first-order valence-corrected chi connectivity index (χ1v) is 9.58. The maximum absolute atomic E-state index is 12.9. The number of thiophene rings is 1. The van der Waals surface area contributed by atoms with Gasteiger partial charge in [0.1, 0.15) is 22.3 Å². The van der Waals surface area contributed by atoms with Gasteiger partial charge in [0.05, 0.1) is 24.6 Å². The summed E-state index contributed by atoms with van der Waals surface area (Å²) in [6.07, 6.45) is 7.53. The minimum atomic E-state index is -0.0939. The van der Waals surface area contributed by atoms with Gasteiger partial charge in [-0.2, -0.15) is 0 Å². The van der Waals surface area contributed by atoms with Crippen molar-refractivity contribution in [2.75, 3.05) is 0 Å². The van der Waals surface area contributed by atoms with Gasteiger partial charge in [-0.3, -0.25) is 4.79 Å². The van der Waals surface area contributed by atoms with Crippen LogP contribution in [0.1, 0.15) is 50.9 Å². The smallest absolute Gasteiger partial charge is 0.255 e. The van der Waals surface area contributed by atoms with Gasteiger partial charge < -0.3 is 14.2 Å². The summed E-state index contributed by atoms with van der Waals surface area (Å²) in [5.74, 6) is 2.17. The lowest BCUT2D eigenvalue weighted by molar-refractivity contribution is 0.0948. The third-order valence-corrected chi connectivity index (χ3v) is 5.65. The Morgan fingerprint density at radius 1 is 1.31 bits per heavy atom. The first-order chi connectivity index (χ1) is 12.7. The lowest BCUT2D eigenvalue weighted by Gasteiger charge is -2.12. The van der Waals surface area contributed by atoms with Gasteiger partial charge in [0.2, 0.25) is 0 Å². The van der Waals surface area contributed by atoms with Gasteiger partial charge in [-0.25, -0.2) is 4.99 Å². The normalized spacial score (nSPS) is 13.9. The summed E-state index contributed by atoms with van der Waals surface area (Å²) in [5.41, 5.74) is 1.86. The maximum Gasteiger partial charge on any atom is 0.255 e. The molecule has 0 spiro atoms. The van der Waals surface area contributed by atoms with E-state index in [1.165, 1.54) is 11.3 Å². The topological polar surface area (TPSA) is 67.7 Å². The zero-order valence-corrected chi connectivity index (χ0v) is 15.4. The van der Waals surface area contributed by atoms with E-state index in [1.54, 1.807) is 23.8 Å². The fourth-order valence-corrected chi connectivity index (χ4v) is 4.42. The lowest BCUT2D eigenvalue weighted by Crippen LogP contribution is -2.23. The molecule has 3 heterocycles. The van der Waals surface area contributed by atoms with E-state index in [4.69, 9.17) is 8.83 Å². The number of amides is 1. The van der Waals surface area contributed by atoms with Crippen LogP contribution < -0.4 is 5.32 Å². The molecule has 0 saturated carbocycles. The standard InChI is InChI=1S/C20H20N2O3S/c1-13-8-9-15(25-13)12-22-20-18(16-6-2-3-7-17(16)26-20)19(23)21-11-14-5-4-10-24-14/h4-5,8-10,12H,2-3,6-7,11H2,1H3,(H,21,23)/b22-12-. The molecule has 0 atom stereocenters. The number of aryl methyl sites for hydroxylation is 2. The van der Waals surface area contributed by atoms with E-state index in [1.807, 2.05) is 31.2 Å². The van der Waals surface area contributed by atoms with E-state index in [9.17, 15) is 4.79 Å². The molecule has 0 unspecified atom stereocenters. The molecular formula is C20H20N2O3S. The van der Waals surface area contributed by atoms with E-state index in [0.717, 1.165) is 41.3 Å². The van der Waals surface area contributed by atoms with E-state index in [-0.39, 0.29) is 5.91 Å². The molecule has 0 aromatic carbocycles. The number of hydrogen-bond donors (Lipinski definition) is 1. The Balaban J connectivity index is 1.61. The minimum absolute atomic E-state index is 0.0939. The zero-order valence-electron chi connectivity index (χ0n) is 14.6. The van der Waals surface area contributed by atoms with Crippen LogP contribution in [0, 0.1) is 6.92 Å². The Labute approximate surface area is 155 Å². The third kappa shape index (κ3) is 3.51. The highest BCUT2D eigenvalue weighted by Gasteiger charge is 2.25. The average molecular weight is 368 g/mol. The highest BCUT2D eigenvalue weighted by Crippen LogP contribution is 2.39. The summed E-state index contributed by atoms with van der Waals surface area (Å²) in [6.45, 7) is 2.27. The van der Waals surface area contributed by atoms with Gasteiger partial charge in [-0.15, -0.1) is 11.3 Å². The van der Waals surface area contributed by atoms with E-state index in [0.29, 0.717) is 17.9 Å². The van der Waals surface area contributed by atoms with Crippen molar-refractivity contribution in [3.05, 3.63) is 63.8 Å². The molecule has 5 nitrogen and oxygen atoms in total. The van der Waals surface area contributed by atoms with E-state index in [2.05, 4.69) is 10.3 Å². The highest BCUT2D eigenvalue weighted by molar-refractivity contribution is 7.16. The summed E-state index contributed by atoms with van der Waals surface area (Å²) < 4.78 is 10.8. The molecule has 4 rings (SSSR count). The molecule has 1 amide bonds. The number of nitrogens with zero attached hydrogens (tertiary/aromatic N) is 1. The van der Waals surface area contributed by atoms with Crippen LogP contribution in [0.3, 0.4) is 0 Å². The Bertz CT molecular complexity index is 935. The maximum atomic E-state index is 12.9. The number of nitrogens with one attached hydrogen (secondary N) is 1. The van der Waals surface area contributed by atoms with Crippen LogP contribution in [0.4, 0.5) is 5.00 Å². The Morgan fingerprint density at radius 2 is 2.19 bits per heavy atom. The van der Waals surface area contributed by atoms with Gasteiger partial charge >= 0.3 is 0 Å². The van der Waals surface area contributed by atoms with Crippen molar-refractivity contribution in [1.29, 1.82) is 0 Å². The Hall–Kier alpha value is -2.60. The largest absolute Gasteiger partial charge is 0.467 e. The molecule has 26 heavy (non-hydrogen) atoms. The molecule has 3 aromatic rings. The van der Waals surface area contributed by atoms with Crippen LogP contribution in [-0.4, -0.2) is 12.1 Å². The molecule has 0 radical (unpaired) electrons. The molecule has 0 aliphatic heterocycles. The minimum Gasteiger partial charge on any atom is -0.467 e. The number of furan rings is 2. The van der Waals surface area contributed by atoms with Crippen molar-refractivity contribution >= 4 is 28.5 Å². The quantitative estimate of drug-likeness (QED) is 0.658. The average Bonchev–Trinajstić information content (AvgIpc) is 3.37. The number of aliphatic imine (C=N–C) groups is 1. The molecule has 0 fully saturated rings. The second-order valence-corrected chi connectivity index (χ2v) is 7.44. The van der Waals surface area contributed by atoms with Crippen molar-refractivity contribution in [3.8, 4) is 0 Å². The van der Waals surface area contributed by atoms with Gasteiger partial charge in [0.15, 0.2) is 0 Å². The predicted molar refractivity (Wildman–Crippen MR) is 102 cm³/mol. The van der Waals surface area contributed by atoms with Crippen LogP contribution in [0.2, 0.25) is 0 Å². The van der Waals surface area contributed by atoms with Crippen LogP contribution in [0.5, 0.6) is 0 Å². The molecule has 1 aliphatic rings. The second kappa shape index (κ2) is 7.33. The van der Waals surface area contributed by atoms with Crippen molar-refractivity contribution < 1.29 is 13.6 Å². The molecule has 3 aromatic heterocycles. The van der Waals surface area contributed by atoms with Crippen LogP contribution in [0.15, 0.2) is 44.4 Å². The summed E-state index contributed by atoms with van der Waals surface area (Å²) in [4.78, 5) is 18.7. The number of hydrogen-bond acceptors (Lipinski definition) is 5. The number of rotatable bonds is 5. The molecule has 6 heteroatoms. The number of carbonyl (C=O) groups is 1. The first kappa shape index (κ1) is 16.8. The van der Waals surface area contributed by atoms with Crippen molar-refractivity contribution in [2.24, 2.45) is 4.99 Å². The van der Waals surface area contributed by atoms with Gasteiger partial charge in [-0.1, -0.05) is 0 Å². The molecule has 1 aliphatic carbocycles. The van der Waals surface area contributed by atoms with Gasteiger partial charge in [-0.05, 0) is 62.4 Å². The van der Waals surface area contributed by atoms with Crippen molar-refractivity contribution in [2.45, 2.75) is 39.2 Å². The number of carbonyl (C=O) groups excluding carboxylic acids is 1. The predicted octanol–water partition coefficient (Wildman–Crippen LogP) is 4.80. The van der Waals surface area contributed by atoms with Gasteiger partial charge in [0.25, 0.3) is 5.91 Å². The molecule has 0 saturated heterocycles. The Morgan fingerprint density at radius 3 is 2.96 bits per heavy atom. The summed E-state index contributed by atoms with van der Waals surface area (Å²) in [7, 11) is 0. The zero-order chi connectivity index (χ0) is 17.9.